The zero-order chi connectivity index (χ0) is 12.4. The second-order valence-electron chi connectivity index (χ2n) is 3.40. The summed E-state index contributed by atoms with van der Waals surface area (Å²) in [7, 11) is 0. The van der Waals surface area contributed by atoms with Crippen molar-refractivity contribution in [2.75, 3.05) is 0 Å². The summed E-state index contributed by atoms with van der Waals surface area (Å²) in [5, 5.41) is 19.1. The SMILES string of the molecule is Cc1c(/C(N)=N/O)nnn1-c1ccc(F)cc1. The zero-order valence-corrected chi connectivity index (χ0v) is 9.00. The predicted octanol–water partition coefficient (Wildman–Crippen LogP) is 0.809. The van der Waals surface area contributed by atoms with Crippen molar-refractivity contribution >= 4 is 5.84 Å². The molecule has 0 saturated heterocycles. The van der Waals surface area contributed by atoms with Crippen LogP contribution >= 0.6 is 0 Å². The second-order valence-corrected chi connectivity index (χ2v) is 3.40. The Morgan fingerprint density at radius 1 is 1.41 bits per heavy atom. The number of aromatic nitrogens is 3. The van der Waals surface area contributed by atoms with Crippen LogP contribution in [0.4, 0.5) is 4.39 Å². The Hall–Kier alpha value is -2.44. The normalized spacial score (nSPS) is 11.8. The molecule has 1 aromatic carbocycles. The van der Waals surface area contributed by atoms with E-state index in [0.29, 0.717) is 11.4 Å². The molecule has 0 unspecified atom stereocenters. The number of rotatable bonds is 2. The molecule has 3 N–H and O–H groups in total. The minimum absolute atomic E-state index is 0.115. The highest BCUT2D eigenvalue weighted by molar-refractivity contribution is 5.96. The molecule has 0 saturated carbocycles. The lowest BCUT2D eigenvalue weighted by atomic mass is 10.3. The standard InChI is InChI=1S/C10H10FN5O/c1-6-9(10(12)14-17)13-15-16(6)8-4-2-7(11)3-5-8/h2-5,17H,1H3,(H2,12,14). The topological polar surface area (TPSA) is 89.3 Å². The van der Waals surface area contributed by atoms with E-state index in [0.717, 1.165) is 0 Å². The summed E-state index contributed by atoms with van der Waals surface area (Å²) >= 11 is 0. The molecule has 0 aliphatic heterocycles. The largest absolute Gasteiger partial charge is 0.409 e. The molecule has 2 aromatic rings. The van der Waals surface area contributed by atoms with E-state index in [-0.39, 0.29) is 17.3 Å². The van der Waals surface area contributed by atoms with E-state index in [1.54, 1.807) is 19.1 Å². The van der Waals surface area contributed by atoms with Gasteiger partial charge in [0.25, 0.3) is 0 Å². The van der Waals surface area contributed by atoms with Gasteiger partial charge in [-0.25, -0.2) is 9.07 Å². The van der Waals surface area contributed by atoms with Gasteiger partial charge < -0.3 is 10.9 Å². The van der Waals surface area contributed by atoms with Gasteiger partial charge in [0.2, 0.25) is 0 Å². The molecule has 0 spiro atoms. The highest BCUT2D eigenvalue weighted by Crippen LogP contribution is 2.12. The van der Waals surface area contributed by atoms with Crippen LogP contribution in [0, 0.1) is 12.7 Å². The van der Waals surface area contributed by atoms with Crippen molar-refractivity contribution in [2.45, 2.75) is 6.92 Å². The summed E-state index contributed by atoms with van der Waals surface area (Å²) in [4.78, 5) is 0. The van der Waals surface area contributed by atoms with E-state index < -0.39 is 0 Å². The van der Waals surface area contributed by atoms with Gasteiger partial charge >= 0.3 is 0 Å². The fourth-order valence-electron chi connectivity index (χ4n) is 1.44. The Labute approximate surface area is 96.2 Å². The Morgan fingerprint density at radius 3 is 2.65 bits per heavy atom. The van der Waals surface area contributed by atoms with Gasteiger partial charge in [-0.2, -0.15) is 0 Å². The molecule has 0 amide bonds. The van der Waals surface area contributed by atoms with E-state index in [1.807, 2.05) is 0 Å². The molecule has 17 heavy (non-hydrogen) atoms. The quantitative estimate of drug-likeness (QED) is 0.349. The van der Waals surface area contributed by atoms with Crippen molar-refractivity contribution in [3.63, 3.8) is 0 Å². The molecule has 6 nitrogen and oxygen atoms in total. The van der Waals surface area contributed by atoms with Crippen molar-refractivity contribution in [1.82, 2.24) is 15.0 Å². The van der Waals surface area contributed by atoms with Gasteiger partial charge in [-0.1, -0.05) is 10.4 Å². The highest BCUT2D eigenvalue weighted by atomic mass is 19.1. The van der Waals surface area contributed by atoms with Crippen LogP contribution in [-0.2, 0) is 0 Å². The first-order valence-electron chi connectivity index (χ1n) is 4.79. The molecule has 1 heterocycles. The zero-order valence-electron chi connectivity index (χ0n) is 9.00. The second kappa shape index (κ2) is 4.20. The number of hydrogen-bond acceptors (Lipinski definition) is 4. The maximum absolute atomic E-state index is 12.8. The minimum Gasteiger partial charge on any atom is -0.409 e. The van der Waals surface area contributed by atoms with Gasteiger partial charge in [-0.05, 0) is 31.2 Å². The third-order valence-electron chi connectivity index (χ3n) is 2.32. The number of nitrogens with two attached hydrogens (primary N) is 1. The van der Waals surface area contributed by atoms with Crippen LogP contribution in [0.1, 0.15) is 11.4 Å². The molecule has 88 valence electrons. The number of nitrogens with zero attached hydrogens (tertiary/aromatic N) is 4. The monoisotopic (exact) mass is 235 g/mol. The molecule has 2 rings (SSSR count). The molecule has 1 aromatic heterocycles. The van der Waals surface area contributed by atoms with Crippen LogP contribution < -0.4 is 5.73 Å². The first-order valence-corrected chi connectivity index (χ1v) is 4.79. The average Bonchev–Trinajstić information content (AvgIpc) is 2.71. The van der Waals surface area contributed by atoms with E-state index >= 15 is 0 Å². The molecule has 0 atom stereocenters. The third-order valence-corrected chi connectivity index (χ3v) is 2.32. The summed E-state index contributed by atoms with van der Waals surface area (Å²) in [5.41, 5.74) is 6.97. The first-order chi connectivity index (χ1) is 8.13. The molecule has 0 bridgehead atoms. The summed E-state index contributed by atoms with van der Waals surface area (Å²) in [6.07, 6.45) is 0. The molecule has 0 radical (unpaired) electrons. The Bertz CT molecular complexity index is 561. The van der Waals surface area contributed by atoms with Gasteiger partial charge in [0.1, 0.15) is 5.82 Å². The molecule has 0 aliphatic carbocycles. The maximum Gasteiger partial charge on any atom is 0.192 e. The van der Waals surface area contributed by atoms with E-state index in [1.165, 1.54) is 16.8 Å². The summed E-state index contributed by atoms with van der Waals surface area (Å²) in [6, 6.07) is 5.76. The van der Waals surface area contributed by atoms with Crippen LogP contribution in [0.2, 0.25) is 0 Å². The smallest absolute Gasteiger partial charge is 0.192 e. The number of benzene rings is 1. The van der Waals surface area contributed by atoms with E-state index in [9.17, 15) is 4.39 Å². The Kier molecular flexibility index (Phi) is 2.73. The average molecular weight is 235 g/mol. The van der Waals surface area contributed by atoms with Crippen molar-refractivity contribution in [3.8, 4) is 5.69 Å². The minimum atomic E-state index is -0.330. The summed E-state index contributed by atoms with van der Waals surface area (Å²) in [6.45, 7) is 1.72. The predicted molar refractivity (Wildman–Crippen MR) is 58.6 cm³/mol. The van der Waals surface area contributed by atoms with Crippen LogP contribution in [0.25, 0.3) is 5.69 Å². The van der Waals surface area contributed by atoms with Crippen LogP contribution in [0.5, 0.6) is 0 Å². The molecule has 7 heteroatoms. The molecular weight excluding hydrogens is 225 g/mol. The van der Waals surface area contributed by atoms with Crippen molar-refractivity contribution in [2.24, 2.45) is 10.9 Å². The van der Waals surface area contributed by atoms with Gasteiger partial charge in [-0.3, -0.25) is 0 Å². The van der Waals surface area contributed by atoms with Crippen molar-refractivity contribution in [3.05, 3.63) is 41.5 Å². The lowest BCUT2D eigenvalue weighted by molar-refractivity contribution is 0.318. The van der Waals surface area contributed by atoms with Gasteiger partial charge in [0, 0.05) is 0 Å². The Morgan fingerprint density at radius 2 is 2.06 bits per heavy atom. The van der Waals surface area contributed by atoms with Crippen LogP contribution in [0.15, 0.2) is 29.4 Å². The summed E-state index contributed by atoms with van der Waals surface area (Å²) in [5.74, 6) is -0.445. The lowest BCUT2D eigenvalue weighted by Crippen LogP contribution is -2.15. The van der Waals surface area contributed by atoms with Crippen LogP contribution in [-0.4, -0.2) is 26.0 Å². The number of amidine groups is 1. The lowest BCUT2D eigenvalue weighted by Gasteiger charge is -2.02. The maximum atomic E-state index is 12.8. The van der Waals surface area contributed by atoms with Crippen molar-refractivity contribution < 1.29 is 9.60 Å². The summed E-state index contributed by atoms with van der Waals surface area (Å²) < 4.78 is 14.3. The molecular formula is C10H10FN5O. The third kappa shape index (κ3) is 1.94. The fraction of sp³-hybridized carbons (Fsp3) is 0.100. The van der Waals surface area contributed by atoms with E-state index in [4.69, 9.17) is 10.9 Å². The number of hydrogen-bond donors (Lipinski definition) is 2. The number of halogens is 1. The van der Waals surface area contributed by atoms with Gasteiger partial charge in [-0.15, -0.1) is 5.10 Å². The van der Waals surface area contributed by atoms with Gasteiger partial charge in [0.05, 0.1) is 11.4 Å². The number of oxime groups is 1. The van der Waals surface area contributed by atoms with E-state index in [2.05, 4.69) is 15.5 Å². The first kappa shape index (κ1) is 11.1. The van der Waals surface area contributed by atoms with Crippen LogP contribution in [0.3, 0.4) is 0 Å². The molecule has 0 aliphatic rings. The highest BCUT2D eigenvalue weighted by Gasteiger charge is 2.13. The molecule has 0 fully saturated rings. The fourth-order valence-corrected chi connectivity index (χ4v) is 1.44. The van der Waals surface area contributed by atoms with Crippen molar-refractivity contribution in [1.29, 1.82) is 0 Å². The Balaban J connectivity index is 2.47. The van der Waals surface area contributed by atoms with Gasteiger partial charge in [0.15, 0.2) is 11.5 Å².